The maximum absolute atomic E-state index is 12.8. The van der Waals surface area contributed by atoms with E-state index in [1.807, 2.05) is 48.0 Å². The van der Waals surface area contributed by atoms with Crippen LogP contribution in [0, 0.1) is 6.92 Å². The zero-order valence-electron chi connectivity index (χ0n) is 15.9. The van der Waals surface area contributed by atoms with E-state index in [1.165, 1.54) is 0 Å². The lowest BCUT2D eigenvalue weighted by Crippen LogP contribution is -2.39. The second kappa shape index (κ2) is 7.30. The largest absolute Gasteiger partial charge is 0.345 e. The summed E-state index contributed by atoms with van der Waals surface area (Å²) in [7, 11) is 1.79. The second-order valence-corrected chi connectivity index (χ2v) is 6.94. The number of hydrogen-bond donors (Lipinski definition) is 1. The Balaban J connectivity index is 1.42. The molecule has 2 aromatic heterocycles. The van der Waals surface area contributed by atoms with Gasteiger partial charge in [-0.25, -0.2) is 4.98 Å². The maximum atomic E-state index is 12.8. The van der Waals surface area contributed by atoms with Crippen LogP contribution in [0.2, 0.25) is 0 Å². The maximum Gasteiger partial charge on any atom is 0.290 e. The van der Waals surface area contributed by atoms with E-state index in [0.29, 0.717) is 36.8 Å². The number of rotatable bonds is 5. The number of aromatic nitrogens is 4. The Kier molecular flexibility index (Phi) is 4.68. The van der Waals surface area contributed by atoms with Crippen molar-refractivity contribution in [2.75, 3.05) is 6.54 Å². The Morgan fingerprint density at radius 2 is 2.00 bits per heavy atom. The van der Waals surface area contributed by atoms with Gasteiger partial charge < -0.3 is 14.8 Å². The third-order valence-electron chi connectivity index (χ3n) is 4.91. The minimum absolute atomic E-state index is 0.0898. The molecule has 0 aliphatic carbocycles. The first-order valence-electron chi connectivity index (χ1n) is 9.19. The van der Waals surface area contributed by atoms with Gasteiger partial charge in [0.1, 0.15) is 5.69 Å². The van der Waals surface area contributed by atoms with Gasteiger partial charge >= 0.3 is 0 Å². The zero-order chi connectivity index (χ0) is 19.7. The molecule has 3 heterocycles. The Morgan fingerprint density at radius 3 is 2.71 bits per heavy atom. The molecule has 28 heavy (non-hydrogen) atoms. The number of nitrogens with one attached hydrogen (secondary N) is 1. The first kappa shape index (κ1) is 18.0. The van der Waals surface area contributed by atoms with Crippen molar-refractivity contribution in [1.82, 2.24) is 29.5 Å². The van der Waals surface area contributed by atoms with Gasteiger partial charge in [0, 0.05) is 38.6 Å². The number of aryl methyl sites for hydroxylation is 2. The Hall–Kier alpha value is -3.42. The lowest BCUT2D eigenvalue weighted by molar-refractivity contribution is 0.0683. The van der Waals surface area contributed by atoms with Gasteiger partial charge in [-0.1, -0.05) is 30.3 Å². The summed E-state index contributed by atoms with van der Waals surface area (Å²) in [5.74, 6) is 0.0693. The molecule has 0 atom stereocenters. The van der Waals surface area contributed by atoms with Crippen LogP contribution < -0.4 is 5.32 Å². The third-order valence-corrected chi connectivity index (χ3v) is 4.91. The fourth-order valence-electron chi connectivity index (χ4n) is 3.26. The number of imidazole rings is 1. The van der Waals surface area contributed by atoms with Crippen LogP contribution in [0.1, 0.15) is 38.1 Å². The fraction of sp³-hybridized carbons (Fsp3) is 0.300. The molecular formula is C20H22N6O2. The van der Waals surface area contributed by atoms with Gasteiger partial charge in [-0.3, -0.25) is 14.3 Å². The van der Waals surface area contributed by atoms with Gasteiger partial charge in [0.15, 0.2) is 5.82 Å². The van der Waals surface area contributed by atoms with E-state index < -0.39 is 0 Å². The number of fused-ring (bicyclic) bond motifs is 1. The summed E-state index contributed by atoms with van der Waals surface area (Å²) in [5, 5.41) is 6.98. The van der Waals surface area contributed by atoms with Crippen LogP contribution in [0.15, 0.2) is 42.6 Å². The number of carbonyl (C=O) groups is 2. The highest BCUT2D eigenvalue weighted by molar-refractivity contribution is 5.92. The van der Waals surface area contributed by atoms with Crippen molar-refractivity contribution in [1.29, 1.82) is 0 Å². The molecule has 8 heteroatoms. The minimum Gasteiger partial charge on any atom is -0.345 e. The van der Waals surface area contributed by atoms with E-state index in [9.17, 15) is 9.59 Å². The lowest BCUT2D eigenvalue weighted by Gasteiger charge is -2.27. The van der Waals surface area contributed by atoms with Crippen LogP contribution in [0.5, 0.6) is 0 Å². The number of amides is 2. The number of hydrogen-bond acceptors (Lipinski definition) is 4. The van der Waals surface area contributed by atoms with Crippen LogP contribution in [0.25, 0.3) is 0 Å². The molecule has 3 aromatic rings. The minimum atomic E-state index is -0.258. The molecule has 144 valence electrons. The zero-order valence-corrected chi connectivity index (χ0v) is 15.9. The summed E-state index contributed by atoms with van der Waals surface area (Å²) in [4.78, 5) is 31.3. The van der Waals surface area contributed by atoms with Gasteiger partial charge in [-0.05, 0) is 18.6 Å². The van der Waals surface area contributed by atoms with Crippen molar-refractivity contribution in [2.45, 2.75) is 26.6 Å². The van der Waals surface area contributed by atoms with Crippen LogP contribution >= 0.6 is 0 Å². The fourth-order valence-corrected chi connectivity index (χ4v) is 3.26. The van der Waals surface area contributed by atoms with Crippen molar-refractivity contribution >= 4 is 11.8 Å². The molecule has 1 aliphatic heterocycles. The molecule has 2 amide bonds. The van der Waals surface area contributed by atoms with Crippen LogP contribution in [-0.4, -0.2) is 42.6 Å². The Morgan fingerprint density at radius 1 is 1.21 bits per heavy atom. The smallest absolute Gasteiger partial charge is 0.290 e. The van der Waals surface area contributed by atoms with E-state index in [1.54, 1.807) is 22.7 Å². The average Bonchev–Trinajstić information content (AvgIpc) is 3.27. The van der Waals surface area contributed by atoms with Crippen molar-refractivity contribution in [3.05, 3.63) is 71.1 Å². The molecule has 0 fully saturated rings. The summed E-state index contributed by atoms with van der Waals surface area (Å²) in [6.45, 7) is 4.03. The highest BCUT2D eigenvalue weighted by atomic mass is 16.2. The second-order valence-electron chi connectivity index (χ2n) is 6.94. The Labute approximate surface area is 162 Å². The van der Waals surface area contributed by atoms with E-state index in [0.717, 1.165) is 11.3 Å². The first-order valence-corrected chi connectivity index (χ1v) is 9.19. The molecule has 4 rings (SSSR count). The number of benzene rings is 1. The molecule has 0 saturated heterocycles. The highest BCUT2D eigenvalue weighted by Gasteiger charge is 2.27. The first-order chi connectivity index (χ1) is 13.5. The average molecular weight is 378 g/mol. The molecule has 0 unspecified atom stereocenters. The van der Waals surface area contributed by atoms with E-state index in [4.69, 9.17) is 0 Å². The Bertz CT molecular complexity index is 1000. The van der Waals surface area contributed by atoms with Gasteiger partial charge in [-0.2, -0.15) is 5.10 Å². The van der Waals surface area contributed by atoms with Crippen LogP contribution in [0.4, 0.5) is 0 Å². The van der Waals surface area contributed by atoms with Crippen molar-refractivity contribution < 1.29 is 9.59 Å². The molecule has 0 saturated carbocycles. The highest BCUT2D eigenvalue weighted by Crippen LogP contribution is 2.16. The predicted molar refractivity (Wildman–Crippen MR) is 103 cm³/mol. The van der Waals surface area contributed by atoms with Crippen LogP contribution in [0.3, 0.4) is 0 Å². The van der Waals surface area contributed by atoms with Crippen molar-refractivity contribution in [3.63, 3.8) is 0 Å². The van der Waals surface area contributed by atoms with Crippen molar-refractivity contribution in [2.24, 2.45) is 7.05 Å². The van der Waals surface area contributed by atoms with E-state index in [-0.39, 0.29) is 18.4 Å². The molecule has 1 aliphatic rings. The lowest BCUT2D eigenvalue weighted by atomic mass is 10.2. The molecule has 1 aromatic carbocycles. The number of carbonyl (C=O) groups excluding carboxylic acids is 2. The molecule has 1 N–H and O–H groups in total. The van der Waals surface area contributed by atoms with Crippen LogP contribution in [-0.2, 0) is 26.7 Å². The van der Waals surface area contributed by atoms with Gasteiger partial charge in [0.25, 0.3) is 11.8 Å². The number of nitrogens with zero attached hydrogens (tertiary/aromatic N) is 5. The standard InChI is InChI=1S/C20H22N6O2/c1-14-10-17(23-24(14)2)19(27)21-11-16-13-25-8-9-26(20(28)18(25)22-16)12-15-6-4-3-5-7-15/h3-7,10,13H,8-9,11-12H2,1-2H3,(H,21,27). The summed E-state index contributed by atoms with van der Waals surface area (Å²) in [6, 6.07) is 11.6. The summed E-state index contributed by atoms with van der Waals surface area (Å²) >= 11 is 0. The summed E-state index contributed by atoms with van der Waals surface area (Å²) < 4.78 is 3.51. The molecule has 0 spiro atoms. The topological polar surface area (TPSA) is 85.1 Å². The van der Waals surface area contributed by atoms with Gasteiger partial charge in [0.2, 0.25) is 0 Å². The van der Waals surface area contributed by atoms with Gasteiger partial charge in [-0.15, -0.1) is 0 Å². The molecule has 0 bridgehead atoms. The van der Waals surface area contributed by atoms with E-state index >= 15 is 0 Å². The normalized spacial score (nSPS) is 13.5. The molecular weight excluding hydrogens is 356 g/mol. The predicted octanol–water partition coefficient (Wildman–Crippen LogP) is 1.51. The molecule has 8 nitrogen and oxygen atoms in total. The van der Waals surface area contributed by atoms with E-state index in [2.05, 4.69) is 15.4 Å². The monoisotopic (exact) mass is 378 g/mol. The summed E-state index contributed by atoms with van der Waals surface area (Å²) in [6.07, 6.45) is 1.83. The quantitative estimate of drug-likeness (QED) is 0.729. The SMILES string of the molecule is Cc1cc(C(=O)NCc2cn3c(n2)C(=O)N(Cc2ccccc2)CC3)nn1C. The third kappa shape index (κ3) is 3.53. The summed E-state index contributed by atoms with van der Waals surface area (Å²) in [5.41, 5.74) is 3.03. The molecule has 0 radical (unpaired) electrons. The van der Waals surface area contributed by atoms with Gasteiger partial charge in [0.05, 0.1) is 12.2 Å². The van der Waals surface area contributed by atoms with Crippen molar-refractivity contribution in [3.8, 4) is 0 Å².